The Labute approximate surface area is 120 Å². The third kappa shape index (κ3) is 3.55. The molecule has 0 saturated carbocycles. The Morgan fingerprint density at radius 2 is 2.15 bits per heavy atom. The smallest absolute Gasteiger partial charge is 0.141 e. The molecule has 0 aromatic carbocycles. The summed E-state index contributed by atoms with van der Waals surface area (Å²) in [6.45, 7) is 8.52. The Hall–Kier alpha value is -1.00. The van der Waals surface area contributed by atoms with Gasteiger partial charge in [-0.25, -0.2) is 4.39 Å². The molecule has 1 N–H and O–H groups in total. The second kappa shape index (κ2) is 6.64. The Morgan fingerprint density at radius 3 is 2.75 bits per heavy atom. The molecule has 2 rings (SSSR count). The topological polar surface area (TPSA) is 36.4 Å². The van der Waals surface area contributed by atoms with Crippen molar-refractivity contribution in [3.05, 3.63) is 29.8 Å². The van der Waals surface area contributed by atoms with E-state index in [9.17, 15) is 9.50 Å². The van der Waals surface area contributed by atoms with Crippen LogP contribution in [-0.2, 0) is 0 Å². The fourth-order valence-corrected chi connectivity index (χ4v) is 3.16. The van der Waals surface area contributed by atoms with Crippen LogP contribution in [0.15, 0.2) is 18.3 Å². The van der Waals surface area contributed by atoms with Crippen LogP contribution in [0.25, 0.3) is 0 Å². The van der Waals surface area contributed by atoms with Crippen LogP contribution in [0, 0.1) is 17.7 Å². The number of likely N-dealkylation sites (tertiary alicyclic amines) is 1. The number of aliphatic hydroxyl groups excluding tert-OH is 1. The fraction of sp³-hybridized carbons (Fsp3) is 0.688. The van der Waals surface area contributed by atoms with E-state index in [4.69, 9.17) is 0 Å². The monoisotopic (exact) mass is 280 g/mol. The van der Waals surface area contributed by atoms with Gasteiger partial charge in [0.15, 0.2) is 0 Å². The number of rotatable bonds is 5. The minimum absolute atomic E-state index is 0.0901. The largest absolute Gasteiger partial charge is 0.386 e. The highest BCUT2D eigenvalue weighted by Crippen LogP contribution is 2.28. The van der Waals surface area contributed by atoms with Gasteiger partial charge >= 0.3 is 0 Å². The lowest BCUT2D eigenvalue weighted by Crippen LogP contribution is -2.37. The Balaban J connectivity index is 1.97. The van der Waals surface area contributed by atoms with Crippen molar-refractivity contribution in [1.29, 1.82) is 0 Å². The molecule has 1 aromatic rings. The molecule has 0 aliphatic carbocycles. The van der Waals surface area contributed by atoms with Crippen molar-refractivity contribution in [3.8, 4) is 0 Å². The van der Waals surface area contributed by atoms with Gasteiger partial charge in [-0.05, 0) is 37.4 Å². The molecule has 0 radical (unpaired) electrons. The number of hydrogen-bond donors (Lipinski definition) is 1. The first-order valence-corrected chi connectivity index (χ1v) is 7.52. The molecule has 112 valence electrons. The zero-order valence-electron chi connectivity index (χ0n) is 12.6. The average molecular weight is 280 g/mol. The predicted molar refractivity (Wildman–Crippen MR) is 77.8 cm³/mol. The minimum Gasteiger partial charge on any atom is -0.386 e. The Kier molecular flexibility index (Phi) is 5.11. The summed E-state index contributed by atoms with van der Waals surface area (Å²) >= 11 is 0. The molecular weight excluding hydrogens is 255 g/mol. The van der Waals surface area contributed by atoms with Crippen molar-refractivity contribution >= 4 is 0 Å². The molecule has 0 amide bonds. The molecule has 2 heterocycles. The van der Waals surface area contributed by atoms with Crippen LogP contribution < -0.4 is 0 Å². The summed E-state index contributed by atoms with van der Waals surface area (Å²) in [5.74, 6) is 0.367. The summed E-state index contributed by atoms with van der Waals surface area (Å²) in [6, 6.07) is 3.54. The molecule has 0 spiro atoms. The van der Waals surface area contributed by atoms with Gasteiger partial charge < -0.3 is 5.11 Å². The summed E-state index contributed by atoms with van der Waals surface area (Å²) in [7, 11) is 0. The lowest BCUT2D eigenvalue weighted by molar-refractivity contribution is 0.0746. The van der Waals surface area contributed by atoms with Crippen LogP contribution in [0.3, 0.4) is 0 Å². The molecular formula is C16H25FN2O. The van der Waals surface area contributed by atoms with Crippen LogP contribution >= 0.6 is 0 Å². The van der Waals surface area contributed by atoms with Gasteiger partial charge in [0.05, 0.1) is 18.0 Å². The highest BCUT2D eigenvalue weighted by atomic mass is 19.1. The minimum atomic E-state index is -0.635. The molecule has 0 bridgehead atoms. The van der Waals surface area contributed by atoms with E-state index in [1.165, 1.54) is 18.9 Å². The molecule has 1 fully saturated rings. The lowest BCUT2D eigenvalue weighted by atomic mass is 9.98. The number of pyridine rings is 1. The quantitative estimate of drug-likeness (QED) is 0.900. The van der Waals surface area contributed by atoms with Crippen molar-refractivity contribution < 1.29 is 9.50 Å². The van der Waals surface area contributed by atoms with Crippen LogP contribution in [0.2, 0.25) is 0 Å². The van der Waals surface area contributed by atoms with Crippen LogP contribution in [0.4, 0.5) is 4.39 Å². The molecule has 20 heavy (non-hydrogen) atoms. The summed E-state index contributed by atoms with van der Waals surface area (Å²) < 4.78 is 12.9. The highest BCUT2D eigenvalue weighted by molar-refractivity contribution is 5.09. The molecule has 3 unspecified atom stereocenters. The molecule has 1 aliphatic rings. The zero-order chi connectivity index (χ0) is 14.7. The number of hydrogen-bond acceptors (Lipinski definition) is 3. The molecule has 1 aromatic heterocycles. The van der Waals surface area contributed by atoms with E-state index in [0.717, 1.165) is 19.3 Å². The molecule has 3 nitrogen and oxygen atoms in total. The van der Waals surface area contributed by atoms with Crippen LogP contribution in [0.1, 0.15) is 45.4 Å². The Morgan fingerprint density at radius 1 is 1.40 bits per heavy atom. The van der Waals surface area contributed by atoms with Gasteiger partial charge in [-0.1, -0.05) is 20.8 Å². The van der Waals surface area contributed by atoms with E-state index in [-0.39, 0.29) is 11.7 Å². The van der Waals surface area contributed by atoms with Crippen molar-refractivity contribution in [3.63, 3.8) is 0 Å². The third-order valence-corrected chi connectivity index (χ3v) is 4.30. The van der Waals surface area contributed by atoms with Gasteiger partial charge in [-0.3, -0.25) is 9.88 Å². The number of aromatic nitrogens is 1. The van der Waals surface area contributed by atoms with E-state index < -0.39 is 6.10 Å². The van der Waals surface area contributed by atoms with Gasteiger partial charge in [0.25, 0.3) is 0 Å². The number of halogens is 1. The first-order valence-electron chi connectivity index (χ1n) is 7.52. The van der Waals surface area contributed by atoms with Crippen molar-refractivity contribution in [1.82, 2.24) is 9.88 Å². The standard InChI is InChI=1S/C16H25FN2O/c1-11(2)15-5-4-8-19(15)10-12(3)16(20)14-7-6-13(17)9-18-14/h6-7,9,11-12,15-16,20H,4-5,8,10H2,1-3H3. The van der Waals surface area contributed by atoms with Gasteiger partial charge in [0.2, 0.25) is 0 Å². The van der Waals surface area contributed by atoms with Gasteiger partial charge in [0.1, 0.15) is 5.82 Å². The fourth-order valence-electron chi connectivity index (χ4n) is 3.16. The average Bonchev–Trinajstić information content (AvgIpc) is 2.87. The van der Waals surface area contributed by atoms with E-state index in [1.54, 1.807) is 6.07 Å². The van der Waals surface area contributed by atoms with E-state index in [2.05, 4.69) is 23.7 Å². The molecule has 1 aliphatic heterocycles. The summed E-state index contributed by atoms with van der Waals surface area (Å²) in [4.78, 5) is 6.46. The first kappa shape index (κ1) is 15.4. The number of aliphatic hydroxyl groups is 1. The molecule has 1 saturated heterocycles. The maximum Gasteiger partial charge on any atom is 0.141 e. The van der Waals surface area contributed by atoms with Crippen molar-refractivity contribution in [2.45, 2.75) is 45.8 Å². The van der Waals surface area contributed by atoms with E-state index in [1.807, 2.05) is 6.92 Å². The van der Waals surface area contributed by atoms with E-state index in [0.29, 0.717) is 17.7 Å². The summed E-state index contributed by atoms with van der Waals surface area (Å²) in [6.07, 6.45) is 3.01. The first-order chi connectivity index (χ1) is 9.49. The van der Waals surface area contributed by atoms with Crippen LogP contribution in [-0.4, -0.2) is 34.1 Å². The van der Waals surface area contributed by atoms with Gasteiger partial charge in [-0.15, -0.1) is 0 Å². The van der Waals surface area contributed by atoms with E-state index >= 15 is 0 Å². The maximum absolute atomic E-state index is 12.9. The molecule has 3 atom stereocenters. The van der Waals surface area contributed by atoms with Crippen molar-refractivity contribution in [2.24, 2.45) is 11.8 Å². The van der Waals surface area contributed by atoms with Gasteiger partial charge in [0, 0.05) is 18.5 Å². The summed E-state index contributed by atoms with van der Waals surface area (Å²) in [5, 5.41) is 10.4. The Bertz CT molecular complexity index is 421. The van der Waals surface area contributed by atoms with Gasteiger partial charge in [-0.2, -0.15) is 0 Å². The number of nitrogens with zero attached hydrogens (tertiary/aromatic N) is 2. The predicted octanol–water partition coefficient (Wildman–Crippen LogP) is 3.01. The highest BCUT2D eigenvalue weighted by Gasteiger charge is 2.30. The van der Waals surface area contributed by atoms with Crippen LogP contribution in [0.5, 0.6) is 0 Å². The second-order valence-electron chi connectivity index (χ2n) is 6.27. The second-order valence-corrected chi connectivity index (χ2v) is 6.27. The SMILES string of the molecule is CC(C)C1CCCN1CC(C)C(O)c1ccc(F)cn1. The maximum atomic E-state index is 12.9. The zero-order valence-corrected chi connectivity index (χ0v) is 12.6. The molecule has 4 heteroatoms. The lowest BCUT2D eigenvalue weighted by Gasteiger charge is -2.31. The van der Waals surface area contributed by atoms with Crippen molar-refractivity contribution in [2.75, 3.05) is 13.1 Å². The summed E-state index contributed by atoms with van der Waals surface area (Å²) in [5.41, 5.74) is 0.555. The third-order valence-electron chi connectivity index (χ3n) is 4.30. The normalized spacial score (nSPS) is 23.2.